The Kier molecular flexibility index (Phi) is 4.97. The minimum Gasteiger partial charge on any atom is -0.496 e. The van der Waals surface area contributed by atoms with Crippen molar-refractivity contribution in [2.24, 2.45) is 21.8 Å². The number of benzene rings is 1. The molecule has 0 aromatic heterocycles. The summed E-state index contributed by atoms with van der Waals surface area (Å²) in [6, 6.07) is 4.64. The fraction of sp³-hybridized carbons (Fsp3) is 0.600. The van der Waals surface area contributed by atoms with Crippen LogP contribution in [0.15, 0.2) is 34.5 Å². The van der Waals surface area contributed by atoms with E-state index in [1.807, 2.05) is 19.5 Å². The summed E-state index contributed by atoms with van der Waals surface area (Å²) in [4.78, 5) is 14.8. The zero-order chi connectivity index (χ0) is 20.9. The van der Waals surface area contributed by atoms with Crippen molar-refractivity contribution in [1.29, 1.82) is 0 Å². The number of aliphatic imine (C=N–C) groups is 2. The van der Waals surface area contributed by atoms with Gasteiger partial charge in [0.15, 0.2) is 5.66 Å². The molecular formula is C25H34N4O. The second-order valence-electron chi connectivity index (χ2n) is 9.53. The van der Waals surface area contributed by atoms with Crippen molar-refractivity contribution in [2.75, 3.05) is 20.2 Å². The van der Waals surface area contributed by atoms with Crippen LogP contribution in [-0.4, -0.2) is 48.1 Å². The minimum absolute atomic E-state index is 0.134. The number of ether oxygens (including phenoxy) is 1. The van der Waals surface area contributed by atoms with Gasteiger partial charge in [-0.25, -0.2) is 0 Å². The Hall–Kier alpha value is -2.14. The average molecular weight is 407 g/mol. The molecule has 0 amide bonds. The van der Waals surface area contributed by atoms with E-state index in [2.05, 4.69) is 53.9 Å². The van der Waals surface area contributed by atoms with Gasteiger partial charge in [-0.1, -0.05) is 13.0 Å². The quantitative estimate of drug-likeness (QED) is 0.632. The first-order valence-electron chi connectivity index (χ1n) is 11.6. The van der Waals surface area contributed by atoms with Crippen molar-refractivity contribution >= 4 is 12.1 Å². The number of fused-ring (bicyclic) bond motifs is 1. The lowest BCUT2D eigenvalue weighted by Crippen LogP contribution is -2.62. The summed E-state index contributed by atoms with van der Waals surface area (Å²) in [7, 11) is 1.81. The van der Waals surface area contributed by atoms with Crippen molar-refractivity contribution in [3.63, 3.8) is 0 Å². The van der Waals surface area contributed by atoms with Crippen LogP contribution in [0.4, 0.5) is 0 Å². The van der Waals surface area contributed by atoms with Gasteiger partial charge < -0.3 is 9.64 Å². The molecule has 2 saturated carbocycles. The van der Waals surface area contributed by atoms with E-state index in [9.17, 15) is 0 Å². The number of nitrogens with zero attached hydrogens (tertiary/aromatic N) is 4. The summed E-state index contributed by atoms with van der Waals surface area (Å²) in [5.41, 5.74) is 3.44. The van der Waals surface area contributed by atoms with Gasteiger partial charge in [0.25, 0.3) is 0 Å². The van der Waals surface area contributed by atoms with Gasteiger partial charge in [0.05, 0.1) is 19.4 Å². The molecule has 0 saturated heterocycles. The van der Waals surface area contributed by atoms with E-state index in [1.54, 1.807) is 0 Å². The first-order valence-corrected chi connectivity index (χ1v) is 11.6. The number of amidine groups is 1. The third-order valence-corrected chi connectivity index (χ3v) is 7.11. The molecule has 2 aliphatic heterocycles. The van der Waals surface area contributed by atoms with Crippen LogP contribution < -0.4 is 4.74 Å². The zero-order valence-electron chi connectivity index (χ0n) is 18.8. The predicted molar refractivity (Wildman–Crippen MR) is 122 cm³/mol. The third-order valence-electron chi connectivity index (χ3n) is 7.11. The van der Waals surface area contributed by atoms with Gasteiger partial charge >= 0.3 is 0 Å². The van der Waals surface area contributed by atoms with Crippen LogP contribution in [0, 0.1) is 25.7 Å². The molecule has 5 heteroatoms. The number of rotatable bonds is 8. The fourth-order valence-corrected chi connectivity index (χ4v) is 5.47. The summed E-state index contributed by atoms with van der Waals surface area (Å²) in [6.07, 6.45) is 12.4. The molecule has 2 aliphatic carbocycles. The summed E-state index contributed by atoms with van der Waals surface area (Å²) >= 11 is 0. The maximum absolute atomic E-state index is 6.05. The average Bonchev–Trinajstić information content (AvgIpc) is 3.67. The molecule has 0 bridgehead atoms. The number of hydrogen-bond acceptors (Lipinski definition) is 5. The number of hydrogen-bond donors (Lipinski definition) is 0. The van der Waals surface area contributed by atoms with Gasteiger partial charge in [0.1, 0.15) is 11.6 Å². The van der Waals surface area contributed by atoms with Crippen molar-refractivity contribution in [3.8, 4) is 5.75 Å². The molecule has 4 aliphatic rings. The Morgan fingerprint density at radius 2 is 1.83 bits per heavy atom. The first-order chi connectivity index (χ1) is 14.6. The fourth-order valence-electron chi connectivity index (χ4n) is 5.47. The van der Waals surface area contributed by atoms with Gasteiger partial charge in [0, 0.05) is 31.1 Å². The summed E-state index contributed by atoms with van der Waals surface area (Å²) < 4.78 is 6.05. The molecule has 30 heavy (non-hydrogen) atoms. The lowest BCUT2D eigenvalue weighted by atomic mass is 9.83. The molecule has 0 radical (unpaired) electrons. The Morgan fingerprint density at radius 1 is 1.13 bits per heavy atom. The molecule has 1 aromatic carbocycles. The summed E-state index contributed by atoms with van der Waals surface area (Å²) in [6.45, 7) is 8.93. The van der Waals surface area contributed by atoms with Crippen LogP contribution >= 0.6 is 0 Å². The van der Waals surface area contributed by atoms with Crippen LogP contribution in [0.5, 0.6) is 5.75 Å². The molecule has 1 aromatic rings. The predicted octanol–water partition coefficient (Wildman–Crippen LogP) is 4.64. The maximum Gasteiger partial charge on any atom is 0.152 e. The Labute approximate surface area is 180 Å². The van der Waals surface area contributed by atoms with Gasteiger partial charge in [-0.15, -0.1) is 0 Å². The van der Waals surface area contributed by atoms with Gasteiger partial charge in [-0.2, -0.15) is 0 Å². The molecule has 2 heterocycles. The van der Waals surface area contributed by atoms with E-state index in [0.29, 0.717) is 0 Å². The Bertz CT molecular complexity index is 898. The van der Waals surface area contributed by atoms with Crippen LogP contribution in [-0.2, 0) is 5.66 Å². The molecule has 0 N–H and O–H groups in total. The molecule has 160 valence electrons. The van der Waals surface area contributed by atoms with Crippen LogP contribution in [0.25, 0.3) is 0 Å². The normalized spacial score (nSPS) is 27.6. The Morgan fingerprint density at radius 3 is 2.43 bits per heavy atom. The van der Waals surface area contributed by atoms with E-state index in [4.69, 9.17) is 9.73 Å². The van der Waals surface area contributed by atoms with E-state index < -0.39 is 0 Å². The van der Waals surface area contributed by atoms with Crippen molar-refractivity contribution in [2.45, 2.75) is 64.6 Å². The van der Waals surface area contributed by atoms with E-state index in [0.717, 1.165) is 42.9 Å². The van der Waals surface area contributed by atoms with Gasteiger partial charge in [-0.05, 0) is 75.0 Å². The van der Waals surface area contributed by atoms with E-state index in [-0.39, 0.29) is 11.7 Å². The van der Waals surface area contributed by atoms with E-state index in [1.165, 1.54) is 42.4 Å². The Balaban J connectivity index is 1.74. The second-order valence-corrected chi connectivity index (χ2v) is 9.53. The zero-order valence-corrected chi connectivity index (χ0v) is 18.8. The first kappa shape index (κ1) is 19.8. The van der Waals surface area contributed by atoms with Crippen molar-refractivity contribution in [3.05, 3.63) is 41.2 Å². The molecule has 0 spiro atoms. The monoisotopic (exact) mass is 406 g/mol. The van der Waals surface area contributed by atoms with Crippen LogP contribution in [0.1, 0.15) is 55.7 Å². The van der Waals surface area contributed by atoms with Gasteiger partial charge in [-0.3, -0.25) is 14.9 Å². The maximum atomic E-state index is 6.05. The molecule has 2 unspecified atom stereocenters. The third kappa shape index (κ3) is 3.18. The number of aryl methyl sites for hydroxylation is 2. The smallest absolute Gasteiger partial charge is 0.152 e. The molecule has 2 atom stereocenters. The highest BCUT2D eigenvalue weighted by atomic mass is 16.5. The molecule has 5 rings (SSSR count). The van der Waals surface area contributed by atoms with Crippen molar-refractivity contribution in [1.82, 2.24) is 9.80 Å². The lowest BCUT2D eigenvalue weighted by molar-refractivity contribution is -0.0195. The minimum atomic E-state index is -0.360. The summed E-state index contributed by atoms with van der Waals surface area (Å²) in [5.74, 6) is 3.57. The van der Waals surface area contributed by atoms with Crippen LogP contribution in [0.3, 0.4) is 0 Å². The second kappa shape index (κ2) is 7.52. The van der Waals surface area contributed by atoms with Crippen LogP contribution in [0.2, 0.25) is 0 Å². The molecule has 5 nitrogen and oxygen atoms in total. The van der Waals surface area contributed by atoms with Crippen molar-refractivity contribution < 1.29 is 4.74 Å². The highest BCUT2D eigenvalue weighted by Gasteiger charge is 2.57. The highest BCUT2D eigenvalue weighted by Crippen LogP contribution is 2.51. The van der Waals surface area contributed by atoms with E-state index >= 15 is 0 Å². The highest BCUT2D eigenvalue weighted by molar-refractivity contribution is 6.31. The molecular weight excluding hydrogens is 372 g/mol. The molecule has 2 fully saturated rings. The SMILES string of the molecule is CCC1N=C2C=NC=CN2C1(c1c(C)cc(C)cc1OC)N(CC1CC1)CC1CC1. The lowest BCUT2D eigenvalue weighted by Gasteiger charge is -2.51. The standard InChI is InChI=1S/C25H34N4O/c1-5-22-25(29-11-10-26-14-23(29)27-22,24-18(3)12-17(2)13-21(24)30-4)28(15-19-6-7-19)16-20-8-9-20/h10-14,19-20,22H,5-9,15-16H2,1-4H3. The largest absolute Gasteiger partial charge is 0.496 e. The number of methoxy groups -OCH3 is 1. The van der Waals surface area contributed by atoms with Gasteiger partial charge in [0.2, 0.25) is 0 Å². The summed E-state index contributed by atoms with van der Waals surface area (Å²) in [5, 5.41) is 0. The topological polar surface area (TPSA) is 40.4 Å².